The summed E-state index contributed by atoms with van der Waals surface area (Å²) in [5.41, 5.74) is 0. The standard InChI is InChI=1S/C15H21BrN2O4S/c16-13-5-4-12(23-13)15(20)18-9-14(19)17-6-2-7-21-10-11-3-1-8-22-11/h4-5,11H,1-3,6-10H2,(H,17,19)(H,18,20)/t11-/m1/s1. The quantitative estimate of drug-likeness (QED) is 0.616. The van der Waals surface area contributed by atoms with E-state index >= 15 is 0 Å². The van der Waals surface area contributed by atoms with E-state index in [1.165, 1.54) is 11.3 Å². The molecule has 0 radical (unpaired) electrons. The van der Waals surface area contributed by atoms with E-state index in [1.54, 1.807) is 12.1 Å². The van der Waals surface area contributed by atoms with Crippen molar-refractivity contribution in [1.29, 1.82) is 0 Å². The van der Waals surface area contributed by atoms with Crippen LogP contribution in [0.5, 0.6) is 0 Å². The number of amides is 2. The van der Waals surface area contributed by atoms with Crippen LogP contribution in [-0.4, -0.2) is 50.8 Å². The first-order valence-electron chi connectivity index (χ1n) is 7.65. The molecule has 0 saturated carbocycles. The summed E-state index contributed by atoms with van der Waals surface area (Å²) < 4.78 is 11.8. The van der Waals surface area contributed by atoms with Gasteiger partial charge in [-0.15, -0.1) is 11.3 Å². The van der Waals surface area contributed by atoms with Crippen LogP contribution in [0.2, 0.25) is 0 Å². The smallest absolute Gasteiger partial charge is 0.261 e. The Morgan fingerprint density at radius 1 is 1.39 bits per heavy atom. The average Bonchev–Trinajstić information content (AvgIpc) is 3.20. The lowest BCUT2D eigenvalue weighted by Gasteiger charge is -2.10. The van der Waals surface area contributed by atoms with Gasteiger partial charge in [0, 0.05) is 19.8 Å². The molecule has 8 heteroatoms. The van der Waals surface area contributed by atoms with Gasteiger partial charge in [0.2, 0.25) is 5.91 Å². The fraction of sp³-hybridized carbons (Fsp3) is 0.600. The molecule has 2 amide bonds. The van der Waals surface area contributed by atoms with E-state index in [0.717, 1.165) is 29.7 Å². The maximum atomic E-state index is 11.8. The number of carbonyl (C=O) groups is 2. The predicted octanol–water partition coefficient (Wildman–Crippen LogP) is 1.94. The van der Waals surface area contributed by atoms with Gasteiger partial charge in [0.15, 0.2) is 0 Å². The van der Waals surface area contributed by atoms with E-state index in [9.17, 15) is 9.59 Å². The molecule has 6 nitrogen and oxygen atoms in total. The van der Waals surface area contributed by atoms with Crippen molar-refractivity contribution >= 4 is 39.1 Å². The van der Waals surface area contributed by atoms with E-state index in [2.05, 4.69) is 26.6 Å². The van der Waals surface area contributed by atoms with E-state index in [0.29, 0.717) is 24.6 Å². The first kappa shape index (κ1) is 18.4. The molecular weight excluding hydrogens is 384 g/mol. The Kier molecular flexibility index (Phi) is 8.01. The van der Waals surface area contributed by atoms with Crippen molar-refractivity contribution in [2.24, 2.45) is 0 Å². The van der Waals surface area contributed by atoms with Gasteiger partial charge in [-0.3, -0.25) is 9.59 Å². The minimum absolute atomic E-state index is 0.0227. The normalized spacial score (nSPS) is 17.2. The molecule has 0 unspecified atom stereocenters. The zero-order valence-corrected chi connectivity index (χ0v) is 15.2. The van der Waals surface area contributed by atoms with Gasteiger partial charge >= 0.3 is 0 Å². The Hall–Kier alpha value is -0.960. The summed E-state index contributed by atoms with van der Waals surface area (Å²) in [7, 11) is 0. The molecule has 128 valence electrons. The van der Waals surface area contributed by atoms with Crippen molar-refractivity contribution < 1.29 is 19.1 Å². The Morgan fingerprint density at radius 2 is 2.26 bits per heavy atom. The third-order valence-electron chi connectivity index (χ3n) is 3.32. The van der Waals surface area contributed by atoms with Crippen molar-refractivity contribution in [2.75, 3.05) is 32.9 Å². The molecular formula is C15H21BrN2O4S. The van der Waals surface area contributed by atoms with Gasteiger partial charge in [-0.05, 0) is 47.3 Å². The van der Waals surface area contributed by atoms with Crippen molar-refractivity contribution in [3.63, 3.8) is 0 Å². The van der Waals surface area contributed by atoms with Crippen molar-refractivity contribution in [1.82, 2.24) is 10.6 Å². The topological polar surface area (TPSA) is 76.7 Å². The van der Waals surface area contributed by atoms with Gasteiger partial charge in [-0.2, -0.15) is 0 Å². The number of thiophene rings is 1. The highest BCUT2D eigenvalue weighted by atomic mass is 79.9. The monoisotopic (exact) mass is 404 g/mol. The molecule has 2 rings (SSSR count). The molecule has 1 saturated heterocycles. The lowest BCUT2D eigenvalue weighted by Crippen LogP contribution is -2.37. The van der Waals surface area contributed by atoms with E-state index < -0.39 is 0 Å². The van der Waals surface area contributed by atoms with Crippen LogP contribution in [0.1, 0.15) is 28.9 Å². The second-order valence-electron chi connectivity index (χ2n) is 5.20. The summed E-state index contributed by atoms with van der Waals surface area (Å²) in [5, 5.41) is 5.34. The number of halogens is 1. The fourth-order valence-corrected chi connectivity index (χ4v) is 3.44. The lowest BCUT2D eigenvalue weighted by atomic mass is 10.2. The third kappa shape index (κ3) is 6.99. The first-order chi connectivity index (χ1) is 11.1. The lowest BCUT2D eigenvalue weighted by molar-refractivity contribution is -0.120. The molecule has 1 atom stereocenters. The number of ether oxygens (including phenoxy) is 2. The summed E-state index contributed by atoms with van der Waals surface area (Å²) in [4.78, 5) is 24.0. The Bertz CT molecular complexity index is 517. The highest BCUT2D eigenvalue weighted by Crippen LogP contribution is 2.21. The molecule has 0 aliphatic carbocycles. The Morgan fingerprint density at radius 3 is 2.96 bits per heavy atom. The summed E-state index contributed by atoms with van der Waals surface area (Å²) in [6.45, 7) is 2.56. The molecule has 1 aliphatic rings. The van der Waals surface area contributed by atoms with Crippen LogP contribution in [0.25, 0.3) is 0 Å². The molecule has 1 fully saturated rings. The first-order valence-corrected chi connectivity index (χ1v) is 9.25. The van der Waals surface area contributed by atoms with Gasteiger partial charge in [0.25, 0.3) is 5.91 Å². The molecule has 1 aromatic rings. The third-order valence-corrected chi connectivity index (χ3v) is 4.94. The average molecular weight is 405 g/mol. The number of hydrogen-bond acceptors (Lipinski definition) is 5. The zero-order valence-electron chi connectivity index (χ0n) is 12.8. The number of nitrogens with one attached hydrogen (secondary N) is 2. The summed E-state index contributed by atoms with van der Waals surface area (Å²) in [6, 6.07) is 3.52. The van der Waals surface area contributed by atoms with E-state index in [-0.39, 0.29) is 24.5 Å². The van der Waals surface area contributed by atoms with Crippen molar-refractivity contribution in [3.8, 4) is 0 Å². The minimum atomic E-state index is -0.240. The van der Waals surface area contributed by atoms with Crippen molar-refractivity contribution in [2.45, 2.75) is 25.4 Å². The number of hydrogen-bond donors (Lipinski definition) is 2. The largest absolute Gasteiger partial charge is 0.379 e. The molecule has 1 aromatic heterocycles. The molecule has 23 heavy (non-hydrogen) atoms. The number of rotatable bonds is 9. The van der Waals surface area contributed by atoms with E-state index in [4.69, 9.17) is 9.47 Å². The molecule has 0 aromatic carbocycles. The van der Waals surface area contributed by atoms with Gasteiger partial charge in [-0.1, -0.05) is 0 Å². The maximum Gasteiger partial charge on any atom is 0.261 e. The van der Waals surface area contributed by atoms with Crippen LogP contribution in [0.15, 0.2) is 15.9 Å². The fourth-order valence-electron chi connectivity index (χ4n) is 2.14. The molecule has 0 bridgehead atoms. The Labute approximate surface area is 148 Å². The van der Waals surface area contributed by atoms with Gasteiger partial charge < -0.3 is 20.1 Å². The molecule has 2 N–H and O–H groups in total. The van der Waals surface area contributed by atoms with Crippen LogP contribution < -0.4 is 10.6 Å². The molecule has 2 heterocycles. The highest BCUT2D eigenvalue weighted by molar-refractivity contribution is 9.11. The van der Waals surface area contributed by atoms with Crippen LogP contribution in [0.4, 0.5) is 0 Å². The van der Waals surface area contributed by atoms with Gasteiger partial charge in [0.05, 0.1) is 27.9 Å². The highest BCUT2D eigenvalue weighted by Gasteiger charge is 2.15. The Balaban J connectivity index is 1.47. The zero-order chi connectivity index (χ0) is 16.5. The number of carbonyl (C=O) groups excluding carboxylic acids is 2. The predicted molar refractivity (Wildman–Crippen MR) is 91.8 cm³/mol. The maximum absolute atomic E-state index is 11.8. The summed E-state index contributed by atoms with van der Waals surface area (Å²) in [6.07, 6.45) is 3.15. The van der Waals surface area contributed by atoms with Gasteiger partial charge in [-0.25, -0.2) is 0 Å². The second-order valence-corrected chi connectivity index (χ2v) is 7.66. The van der Waals surface area contributed by atoms with Crippen LogP contribution in [-0.2, 0) is 14.3 Å². The summed E-state index contributed by atoms with van der Waals surface area (Å²) >= 11 is 4.63. The van der Waals surface area contributed by atoms with Crippen LogP contribution >= 0.6 is 27.3 Å². The summed E-state index contributed by atoms with van der Waals surface area (Å²) in [5.74, 6) is -0.441. The SMILES string of the molecule is O=C(CNC(=O)c1ccc(Br)s1)NCCCOC[C@H]1CCCO1. The molecule has 1 aliphatic heterocycles. The van der Waals surface area contributed by atoms with Crippen LogP contribution in [0, 0.1) is 0 Å². The second kappa shape index (κ2) is 10.0. The van der Waals surface area contributed by atoms with Crippen LogP contribution in [0.3, 0.4) is 0 Å². The molecule has 0 spiro atoms. The van der Waals surface area contributed by atoms with Crippen molar-refractivity contribution in [3.05, 3.63) is 20.8 Å². The van der Waals surface area contributed by atoms with Gasteiger partial charge in [0.1, 0.15) is 0 Å². The minimum Gasteiger partial charge on any atom is -0.379 e. The van der Waals surface area contributed by atoms with E-state index in [1.807, 2.05) is 0 Å².